The Morgan fingerprint density at radius 1 is 0.743 bits per heavy atom. The van der Waals surface area contributed by atoms with Gasteiger partial charge in [0.05, 0.1) is 27.4 Å². The maximum atomic E-state index is 13.2. The first kappa shape index (κ1) is 25.0. The molecule has 1 saturated heterocycles. The van der Waals surface area contributed by atoms with E-state index in [0.717, 1.165) is 22.6 Å². The van der Waals surface area contributed by atoms with Gasteiger partial charge in [0.15, 0.2) is 5.41 Å². The Labute approximate surface area is 205 Å². The molecule has 8 nitrogen and oxygen atoms in total. The molecule has 35 heavy (non-hydrogen) atoms. The zero-order valence-corrected chi connectivity index (χ0v) is 20.5. The van der Waals surface area contributed by atoms with Crippen molar-refractivity contribution >= 4 is 11.9 Å². The van der Waals surface area contributed by atoms with Crippen molar-refractivity contribution < 1.29 is 38.3 Å². The summed E-state index contributed by atoms with van der Waals surface area (Å²) in [6.45, 7) is 3.80. The first-order chi connectivity index (χ1) is 17.0. The SMILES string of the molecule is CCOC(=O)C1(C(=O)OCC)C[C@H]2[C@H](C1)[C@H](c1ccc(OC)cc1)OO[C@@H]2c1ccc(OC)cc1. The van der Waals surface area contributed by atoms with Gasteiger partial charge < -0.3 is 18.9 Å². The van der Waals surface area contributed by atoms with Crippen LogP contribution < -0.4 is 9.47 Å². The number of methoxy groups -OCH3 is 2. The molecule has 1 aliphatic heterocycles. The van der Waals surface area contributed by atoms with E-state index in [1.807, 2.05) is 48.5 Å². The normalized spacial score (nSPS) is 24.8. The van der Waals surface area contributed by atoms with Crippen LogP contribution in [0.4, 0.5) is 0 Å². The van der Waals surface area contributed by atoms with E-state index >= 15 is 0 Å². The van der Waals surface area contributed by atoms with Gasteiger partial charge in [-0.3, -0.25) is 9.59 Å². The molecule has 0 radical (unpaired) electrons. The Kier molecular flexibility index (Phi) is 7.62. The molecule has 4 rings (SSSR count). The highest BCUT2D eigenvalue weighted by molar-refractivity contribution is 6.00. The molecule has 2 aromatic rings. The average molecular weight is 485 g/mol. The fraction of sp³-hybridized carbons (Fsp3) is 0.481. The maximum Gasteiger partial charge on any atom is 0.323 e. The highest BCUT2D eigenvalue weighted by Gasteiger charge is 2.62. The number of hydrogen-bond donors (Lipinski definition) is 0. The van der Waals surface area contributed by atoms with Crippen molar-refractivity contribution in [3.05, 3.63) is 59.7 Å². The lowest BCUT2D eigenvalue weighted by Crippen LogP contribution is -2.40. The molecular formula is C27H32O8. The number of benzene rings is 2. The van der Waals surface area contributed by atoms with Gasteiger partial charge in [-0.15, -0.1) is 0 Å². The van der Waals surface area contributed by atoms with Gasteiger partial charge in [-0.2, -0.15) is 0 Å². The lowest BCUT2D eigenvalue weighted by molar-refractivity contribution is -0.405. The molecular weight excluding hydrogens is 452 g/mol. The third kappa shape index (κ3) is 4.73. The summed E-state index contributed by atoms with van der Waals surface area (Å²) in [7, 11) is 3.21. The van der Waals surface area contributed by atoms with Crippen LogP contribution in [0.3, 0.4) is 0 Å². The smallest absolute Gasteiger partial charge is 0.323 e. The molecule has 1 heterocycles. The average Bonchev–Trinajstić information content (AvgIpc) is 3.31. The zero-order valence-electron chi connectivity index (χ0n) is 20.5. The van der Waals surface area contributed by atoms with E-state index < -0.39 is 29.6 Å². The number of carbonyl (C=O) groups excluding carboxylic acids is 2. The Bertz CT molecular complexity index is 933. The van der Waals surface area contributed by atoms with E-state index in [1.165, 1.54) is 0 Å². The molecule has 0 spiro atoms. The fourth-order valence-electron chi connectivity index (χ4n) is 5.26. The molecule has 2 fully saturated rings. The summed E-state index contributed by atoms with van der Waals surface area (Å²) in [5, 5.41) is 0. The topological polar surface area (TPSA) is 89.5 Å². The molecule has 4 atom stereocenters. The highest BCUT2D eigenvalue weighted by Crippen LogP contribution is 2.59. The van der Waals surface area contributed by atoms with Crippen LogP contribution in [0.5, 0.6) is 11.5 Å². The molecule has 1 aliphatic carbocycles. The second kappa shape index (κ2) is 10.7. The molecule has 2 aromatic carbocycles. The largest absolute Gasteiger partial charge is 0.497 e. The second-order valence-electron chi connectivity index (χ2n) is 8.84. The number of ether oxygens (including phenoxy) is 4. The van der Waals surface area contributed by atoms with E-state index in [-0.39, 0.29) is 37.9 Å². The Hall–Kier alpha value is -3.10. The Balaban J connectivity index is 1.74. The van der Waals surface area contributed by atoms with Crippen molar-refractivity contribution in [3.63, 3.8) is 0 Å². The predicted molar refractivity (Wildman–Crippen MR) is 126 cm³/mol. The summed E-state index contributed by atoms with van der Waals surface area (Å²) in [4.78, 5) is 38.4. The van der Waals surface area contributed by atoms with E-state index in [0.29, 0.717) is 0 Å². The summed E-state index contributed by atoms with van der Waals surface area (Å²) in [6.07, 6.45) is -0.485. The van der Waals surface area contributed by atoms with Crippen LogP contribution in [0, 0.1) is 17.3 Å². The van der Waals surface area contributed by atoms with E-state index in [2.05, 4.69) is 0 Å². The summed E-state index contributed by atoms with van der Waals surface area (Å²) in [5.74, 6) is -0.0744. The Morgan fingerprint density at radius 2 is 1.11 bits per heavy atom. The van der Waals surface area contributed by atoms with Crippen LogP contribution in [0.25, 0.3) is 0 Å². The number of hydrogen-bond acceptors (Lipinski definition) is 8. The van der Waals surface area contributed by atoms with E-state index in [1.54, 1.807) is 28.1 Å². The lowest BCUT2D eigenvalue weighted by atomic mass is 9.81. The van der Waals surface area contributed by atoms with Gasteiger partial charge in [-0.05, 0) is 73.9 Å². The maximum absolute atomic E-state index is 13.2. The van der Waals surface area contributed by atoms with Gasteiger partial charge in [-0.1, -0.05) is 24.3 Å². The number of esters is 2. The quantitative estimate of drug-likeness (QED) is 0.305. The van der Waals surface area contributed by atoms with Crippen molar-refractivity contribution in [3.8, 4) is 11.5 Å². The molecule has 1 saturated carbocycles. The second-order valence-corrected chi connectivity index (χ2v) is 8.84. The number of rotatable bonds is 8. The molecule has 0 amide bonds. The first-order valence-corrected chi connectivity index (χ1v) is 11.9. The zero-order chi connectivity index (χ0) is 25.0. The summed E-state index contributed by atoms with van der Waals surface area (Å²) in [6, 6.07) is 15.0. The fourth-order valence-corrected chi connectivity index (χ4v) is 5.26. The van der Waals surface area contributed by atoms with E-state index in [4.69, 9.17) is 28.7 Å². The standard InChI is InChI=1S/C27H32O8/c1-5-32-25(28)27(26(29)33-6-2)15-21-22(16-27)24(18-9-13-20(31-4)14-10-18)35-34-23(21)17-7-11-19(30-3)12-8-17/h7-14,21-24H,5-6,15-16H2,1-4H3/t21-,22-,23-,24+/m0/s1. The van der Waals surface area contributed by atoms with Gasteiger partial charge in [0.25, 0.3) is 0 Å². The van der Waals surface area contributed by atoms with Gasteiger partial charge >= 0.3 is 11.9 Å². The van der Waals surface area contributed by atoms with Crippen molar-refractivity contribution in [2.45, 2.75) is 38.9 Å². The summed E-state index contributed by atoms with van der Waals surface area (Å²) >= 11 is 0. The summed E-state index contributed by atoms with van der Waals surface area (Å²) in [5.41, 5.74) is 0.323. The third-order valence-corrected chi connectivity index (χ3v) is 6.98. The van der Waals surface area contributed by atoms with Crippen LogP contribution >= 0.6 is 0 Å². The van der Waals surface area contributed by atoms with Crippen molar-refractivity contribution in [1.29, 1.82) is 0 Å². The molecule has 0 N–H and O–H groups in total. The van der Waals surface area contributed by atoms with Crippen molar-refractivity contribution in [2.24, 2.45) is 17.3 Å². The number of fused-ring (bicyclic) bond motifs is 1. The third-order valence-electron chi connectivity index (χ3n) is 6.98. The molecule has 0 bridgehead atoms. The van der Waals surface area contributed by atoms with Crippen LogP contribution in [-0.2, 0) is 28.8 Å². The molecule has 188 valence electrons. The molecule has 0 aromatic heterocycles. The van der Waals surface area contributed by atoms with Gasteiger partial charge in [-0.25, -0.2) is 9.78 Å². The minimum atomic E-state index is -1.42. The first-order valence-electron chi connectivity index (χ1n) is 11.9. The van der Waals surface area contributed by atoms with Crippen LogP contribution in [0.2, 0.25) is 0 Å². The van der Waals surface area contributed by atoms with Crippen LogP contribution in [0.15, 0.2) is 48.5 Å². The molecule has 0 unspecified atom stereocenters. The minimum Gasteiger partial charge on any atom is -0.497 e. The number of carbonyl (C=O) groups is 2. The van der Waals surface area contributed by atoms with Gasteiger partial charge in [0.2, 0.25) is 0 Å². The minimum absolute atomic E-state index is 0.173. The summed E-state index contributed by atoms with van der Waals surface area (Å²) < 4.78 is 21.3. The van der Waals surface area contributed by atoms with Gasteiger partial charge in [0, 0.05) is 0 Å². The lowest BCUT2D eigenvalue weighted by Gasteiger charge is -2.38. The van der Waals surface area contributed by atoms with E-state index in [9.17, 15) is 9.59 Å². The molecule has 8 heteroatoms. The van der Waals surface area contributed by atoms with Crippen LogP contribution in [-0.4, -0.2) is 39.4 Å². The van der Waals surface area contributed by atoms with Crippen molar-refractivity contribution in [2.75, 3.05) is 27.4 Å². The highest BCUT2D eigenvalue weighted by atomic mass is 17.2. The monoisotopic (exact) mass is 484 g/mol. The van der Waals surface area contributed by atoms with Crippen LogP contribution in [0.1, 0.15) is 50.0 Å². The van der Waals surface area contributed by atoms with Crippen molar-refractivity contribution in [1.82, 2.24) is 0 Å². The predicted octanol–water partition coefficient (Wildman–Crippen LogP) is 4.59. The Morgan fingerprint density at radius 3 is 1.43 bits per heavy atom. The molecule has 2 aliphatic rings. The van der Waals surface area contributed by atoms with Gasteiger partial charge in [0.1, 0.15) is 23.7 Å².